The number of nitrogens with zero attached hydrogens (tertiary/aromatic N) is 1. The van der Waals surface area contributed by atoms with E-state index in [0.717, 1.165) is 64.2 Å². The molecule has 0 aromatic rings. The minimum atomic E-state index is -4.32. The van der Waals surface area contributed by atoms with Crippen LogP contribution in [0.4, 0.5) is 0 Å². The van der Waals surface area contributed by atoms with Crippen molar-refractivity contribution < 1.29 is 52.6 Å². The summed E-state index contributed by atoms with van der Waals surface area (Å²) in [7, 11) is 1.56. The van der Waals surface area contributed by atoms with Gasteiger partial charge >= 0.3 is 13.8 Å². The molecule has 0 aromatic heterocycles. The molecule has 0 aromatic carbocycles. The van der Waals surface area contributed by atoms with Gasteiger partial charge in [-0.15, -0.1) is 0 Å². The van der Waals surface area contributed by atoms with E-state index >= 15 is 0 Å². The molecule has 1 unspecified atom stereocenters. The number of phosphoric ester groups is 1. The molecule has 0 heterocycles. The molecule has 1 saturated carbocycles. The Morgan fingerprint density at radius 2 is 1.33 bits per heavy atom. The van der Waals surface area contributed by atoms with Gasteiger partial charge in [0.1, 0.15) is 19.8 Å². The number of unbranched alkanes of at least 4 members (excludes halogenated alkanes) is 19. The zero-order chi connectivity index (χ0) is 42.9. The summed E-state index contributed by atoms with van der Waals surface area (Å²) >= 11 is 0. The highest BCUT2D eigenvalue weighted by Gasteiger charge is 2.39. The Kier molecular flexibility index (Phi) is 32.4. The van der Waals surface area contributed by atoms with Crippen LogP contribution in [0.2, 0.25) is 0 Å². The number of hydrogen-bond acceptors (Lipinski definition) is 9. The van der Waals surface area contributed by atoms with Crippen LogP contribution in [0.5, 0.6) is 0 Å². The van der Waals surface area contributed by atoms with Crippen molar-refractivity contribution >= 4 is 13.8 Å². The van der Waals surface area contributed by atoms with Gasteiger partial charge < -0.3 is 34.2 Å². The molecule has 0 aliphatic heterocycles. The SMILES string of the molecule is CCCCCCCCCCCCCCCC/C=C\O[C@H](COC(=O)CCCCCC[C@@H]1[C@@H](/C=C/[C@@H](O)CCCCC)[C@H](O)C[C@@H]1O)COP(=O)(O)OCC[N+](C)(C)C. The normalized spacial score (nSPS) is 20.8. The first-order valence-corrected chi connectivity index (χ1v) is 24.9. The molecule has 1 aliphatic rings. The molecule has 342 valence electrons. The van der Waals surface area contributed by atoms with Crippen molar-refractivity contribution in [3.8, 4) is 0 Å². The minimum absolute atomic E-state index is 0.0521. The molecule has 1 aliphatic carbocycles. The first-order valence-electron chi connectivity index (χ1n) is 23.4. The molecule has 0 spiro atoms. The molecule has 0 amide bonds. The molecule has 1 rings (SSSR count). The number of quaternary nitrogens is 1. The van der Waals surface area contributed by atoms with Gasteiger partial charge in [-0.05, 0) is 44.1 Å². The smallest absolute Gasteiger partial charge is 0.472 e. The Morgan fingerprint density at radius 1 is 0.759 bits per heavy atom. The van der Waals surface area contributed by atoms with Crippen molar-refractivity contribution in [3.05, 3.63) is 24.5 Å². The Bertz CT molecular complexity index is 1100. The van der Waals surface area contributed by atoms with Crippen molar-refractivity contribution in [2.75, 3.05) is 47.5 Å². The summed E-state index contributed by atoms with van der Waals surface area (Å²) in [5, 5.41) is 31.4. The van der Waals surface area contributed by atoms with Crippen LogP contribution in [-0.2, 0) is 27.9 Å². The molecular weight excluding hydrogens is 757 g/mol. The van der Waals surface area contributed by atoms with E-state index in [2.05, 4.69) is 13.8 Å². The predicted octanol–water partition coefficient (Wildman–Crippen LogP) is 10.3. The van der Waals surface area contributed by atoms with Crippen molar-refractivity contribution in [1.82, 2.24) is 0 Å². The van der Waals surface area contributed by atoms with Gasteiger partial charge in [-0.25, -0.2) is 4.57 Å². The average molecular weight is 847 g/mol. The van der Waals surface area contributed by atoms with E-state index in [1.807, 2.05) is 33.3 Å². The topological polar surface area (TPSA) is 152 Å². The van der Waals surface area contributed by atoms with Crippen molar-refractivity contribution in [2.24, 2.45) is 11.8 Å². The third-order valence-corrected chi connectivity index (χ3v) is 12.2. The van der Waals surface area contributed by atoms with Crippen LogP contribution < -0.4 is 0 Å². The molecule has 12 heteroatoms. The van der Waals surface area contributed by atoms with E-state index in [-0.39, 0.29) is 44.0 Å². The fourth-order valence-corrected chi connectivity index (χ4v) is 8.20. The molecule has 11 nitrogen and oxygen atoms in total. The quantitative estimate of drug-likeness (QED) is 0.0117. The molecule has 0 bridgehead atoms. The Morgan fingerprint density at radius 3 is 1.95 bits per heavy atom. The summed E-state index contributed by atoms with van der Waals surface area (Å²) in [6.07, 6.45) is 32.3. The summed E-state index contributed by atoms with van der Waals surface area (Å²) in [5.41, 5.74) is 0. The molecule has 0 radical (unpaired) electrons. The van der Waals surface area contributed by atoms with Crippen molar-refractivity contribution in [1.29, 1.82) is 0 Å². The number of allylic oxidation sites excluding steroid dienone is 1. The molecule has 0 saturated heterocycles. The number of likely N-dealkylation sites (N-methyl/N-ethyl adjacent to an activating group) is 1. The fraction of sp³-hybridized carbons (Fsp3) is 0.891. The van der Waals surface area contributed by atoms with Gasteiger partial charge in [0, 0.05) is 18.8 Å². The summed E-state index contributed by atoms with van der Waals surface area (Å²) in [5.74, 6) is -0.593. The van der Waals surface area contributed by atoms with Gasteiger partial charge in [0.15, 0.2) is 6.10 Å². The number of ether oxygens (including phenoxy) is 2. The third-order valence-electron chi connectivity index (χ3n) is 11.2. The van der Waals surface area contributed by atoms with E-state index in [1.54, 1.807) is 12.3 Å². The fourth-order valence-electron chi connectivity index (χ4n) is 7.46. The first-order chi connectivity index (χ1) is 27.8. The van der Waals surface area contributed by atoms with Crippen molar-refractivity contribution in [2.45, 2.75) is 205 Å². The maximum atomic E-state index is 12.6. The van der Waals surface area contributed by atoms with Gasteiger partial charge in [-0.2, -0.15) is 0 Å². The third kappa shape index (κ3) is 30.7. The van der Waals surface area contributed by atoms with Gasteiger partial charge in [-0.3, -0.25) is 13.8 Å². The lowest BCUT2D eigenvalue weighted by Gasteiger charge is -2.24. The van der Waals surface area contributed by atoms with Gasteiger partial charge in [0.25, 0.3) is 0 Å². The lowest BCUT2D eigenvalue weighted by Crippen LogP contribution is -2.37. The van der Waals surface area contributed by atoms with Crippen LogP contribution in [0.1, 0.15) is 181 Å². The zero-order valence-corrected chi connectivity index (χ0v) is 38.5. The van der Waals surface area contributed by atoms with E-state index in [0.29, 0.717) is 30.3 Å². The second-order valence-electron chi connectivity index (χ2n) is 17.8. The number of esters is 1. The number of aliphatic hydroxyl groups is 3. The van der Waals surface area contributed by atoms with E-state index in [1.165, 1.54) is 77.0 Å². The highest BCUT2D eigenvalue weighted by Crippen LogP contribution is 2.43. The lowest BCUT2D eigenvalue weighted by molar-refractivity contribution is -0.870. The highest BCUT2D eigenvalue weighted by atomic mass is 31.2. The monoisotopic (exact) mass is 847 g/mol. The molecule has 7 atom stereocenters. The van der Waals surface area contributed by atoms with Crippen LogP contribution in [0.3, 0.4) is 0 Å². The first kappa shape index (κ1) is 54.7. The van der Waals surface area contributed by atoms with Crippen LogP contribution in [0.25, 0.3) is 0 Å². The number of rotatable bonds is 39. The van der Waals surface area contributed by atoms with E-state index < -0.39 is 32.2 Å². The zero-order valence-electron chi connectivity index (χ0n) is 37.6. The molecule has 1 fully saturated rings. The minimum Gasteiger partial charge on any atom is -0.492 e. The summed E-state index contributed by atoms with van der Waals surface area (Å²) in [6, 6.07) is 0. The second kappa shape index (κ2) is 34.3. The number of carbonyl (C=O) groups excluding carboxylic acids is 1. The predicted molar refractivity (Wildman–Crippen MR) is 235 cm³/mol. The van der Waals surface area contributed by atoms with Crippen LogP contribution in [0.15, 0.2) is 24.5 Å². The molecule has 58 heavy (non-hydrogen) atoms. The average Bonchev–Trinajstić information content (AvgIpc) is 3.44. The standard InChI is InChI=1S/C46H88NO10P/c1-6-8-10-11-12-13-14-15-16-17-18-19-20-21-24-28-35-54-41(39-57-58(52,53)56-36-34-47(3,4)5)38-55-46(51)31-27-23-22-26-30-42-43(45(50)37-44(42)49)33-32-40(48)29-25-9-7-2/h28,32-33,35,40-45,48-50H,6-27,29-31,34,36-39H2,1-5H3/p+1/b33-32+,35-28-/t40-,41+,42+,43+,44-,45+/m0/s1. The Hall–Kier alpha value is -1.30. The van der Waals surface area contributed by atoms with Crippen LogP contribution >= 0.6 is 7.82 Å². The van der Waals surface area contributed by atoms with Gasteiger partial charge in [-0.1, -0.05) is 148 Å². The van der Waals surface area contributed by atoms with Crippen LogP contribution in [-0.4, -0.2) is 103 Å². The molecule has 4 N–H and O–H groups in total. The lowest BCUT2D eigenvalue weighted by atomic mass is 9.88. The summed E-state index contributed by atoms with van der Waals surface area (Å²) in [6.45, 7) is 4.58. The summed E-state index contributed by atoms with van der Waals surface area (Å²) in [4.78, 5) is 22.9. The highest BCUT2D eigenvalue weighted by molar-refractivity contribution is 7.47. The number of aliphatic hydroxyl groups excluding tert-OH is 3. The van der Waals surface area contributed by atoms with Crippen LogP contribution in [0, 0.1) is 11.8 Å². The maximum Gasteiger partial charge on any atom is 0.472 e. The van der Waals surface area contributed by atoms with E-state index in [4.69, 9.17) is 18.5 Å². The largest absolute Gasteiger partial charge is 0.492 e. The van der Waals surface area contributed by atoms with Crippen molar-refractivity contribution in [3.63, 3.8) is 0 Å². The van der Waals surface area contributed by atoms with Gasteiger partial charge in [0.2, 0.25) is 0 Å². The molecular formula is C46H89NO10P+. The number of carbonyl (C=O) groups is 1. The number of phosphoric acid groups is 1. The number of hydrogen-bond donors (Lipinski definition) is 4. The van der Waals surface area contributed by atoms with Gasteiger partial charge in [0.05, 0.1) is 52.3 Å². The maximum absolute atomic E-state index is 12.6. The van der Waals surface area contributed by atoms with E-state index in [9.17, 15) is 29.6 Å². The Balaban J connectivity index is 2.41. The Labute approximate surface area is 354 Å². The second-order valence-corrected chi connectivity index (χ2v) is 19.3. The summed E-state index contributed by atoms with van der Waals surface area (Å²) < 4.78 is 34.8.